The number of hydrogen-bond acceptors (Lipinski definition) is 11. The Morgan fingerprint density at radius 3 is 2.53 bits per heavy atom. The van der Waals surface area contributed by atoms with Crippen LogP contribution in [0.3, 0.4) is 0 Å². The van der Waals surface area contributed by atoms with Crippen LogP contribution in [0.4, 0.5) is 19.4 Å². The van der Waals surface area contributed by atoms with Gasteiger partial charge in [0.25, 0.3) is 0 Å². The molecule has 10 rings (SSSR count). The molecule has 1 aliphatic carbocycles. The van der Waals surface area contributed by atoms with Crippen LogP contribution in [0.2, 0.25) is 0 Å². The minimum atomic E-state index is -0.925. The number of amides is 1. The zero-order valence-electron chi connectivity index (χ0n) is 32.7. The van der Waals surface area contributed by atoms with Crippen molar-refractivity contribution >= 4 is 39.6 Å². The Morgan fingerprint density at radius 1 is 1.04 bits per heavy atom. The summed E-state index contributed by atoms with van der Waals surface area (Å²) >= 11 is 0. The van der Waals surface area contributed by atoms with Crippen LogP contribution in [0.1, 0.15) is 93.5 Å². The van der Waals surface area contributed by atoms with E-state index in [0.29, 0.717) is 48.5 Å². The number of alkyl halides is 1. The molecule has 2 unspecified atom stereocenters. The maximum atomic E-state index is 15.3. The number of ketones is 1. The molecular formula is C42H47F2N7O6. The molecule has 300 valence electrons. The molecule has 57 heavy (non-hydrogen) atoms. The van der Waals surface area contributed by atoms with Gasteiger partial charge in [-0.05, 0) is 89.4 Å². The quantitative estimate of drug-likeness (QED) is 0.104. The largest absolute Gasteiger partial charge is 0.468 e. The number of carbonyl (C=O) groups excluding carboxylic acids is 2. The summed E-state index contributed by atoms with van der Waals surface area (Å²) in [6.07, 6.45) is 10.1. The molecule has 13 nitrogen and oxygen atoms in total. The minimum Gasteiger partial charge on any atom is -0.468 e. The number of piperazine rings is 1. The highest BCUT2D eigenvalue weighted by molar-refractivity contribution is 6.17. The maximum Gasteiger partial charge on any atom is 0.410 e. The average molecular weight is 784 g/mol. The van der Waals surface area contributed by atoms with Crippen LogP contribution >= 0.6 is 0 Å². The average Bonchev–Trinajstić information content (AvgIpc) is 3.80. The van der Waals surface area contributed by atoms with Crippen molar-refractivity contribution in [1.82, 2.24) is 29.3 Å². The smallest absolute Gasteiger partial charge is 0.410 e. The number of nitrogens with zero attached hydrogens (tertiary/aromatic N) is 7. The Bertz CT molecular complexity index is 2310. The number of aromatic nitrogens is 4. The van der Waals surface area contributed by atoms with Gasteiger partial charge in [0.1, 0.15) is 35.5 Å². The fraction of sp³-hybridized carbons (Fsp3) is 0.548. The number of hydrogen-bond donors (Lipinski definition) is 0. The zero-order valence-corrected chi connectivity index (χ0v) is 32.7. The lowest BCUT2D eigenvalue weighted by Crippen LogP contribution is -2.70. The maximum absolute atomic E-state index is 15.3. The molecule has 0 N–H and O–H groups in total. The molecule has 6 aliphatic rings. The van der Waals surface area contributed by atoms with Gasteiger partial charge in [0.05, 0.1) is 23.2 Å². The van der Waals surface area contributed by atoms with E-state index in [2.05, 4.69) is 15.7 Å². The third-order valence-corrected chi connectivity index (χ3v) is 12.3. The monoisotopic (exact) mass is 783 g/mol. The van der Waals surface area contributed by atoms with Crippen molar-refractivity contribution in [3.63, 3.8) is 0 Å². The number of terminal acetylenes is 1. The molecule has 4 aromatic rings. The second-order valence-corrected chi connectivity index (χ2v) is 17.1. The first-order valence-corrected chi connectivity index (χ1v) is 19.8. The first-order chi connectivity index (χ1) is 27.4. The number of fused-ring (bicyclic) bond motifs is 5. The summed E-state index contributed by atoms with van der Waals surface area (Å²) in [6.45, 7) is 7.84. The number of benzene rings is 2. The molecule has 0 spiro atoms. The van der Waals surface area contributed by atoms with Crippen LogP contribution in [-0.4, -0.2) is 117 Å². The molecule has 2 bridgehead atoms. The van der Waals surface area contributed by atoms with E-state index in [9.17, 15) is 9.18 Å². The van der Waals surface area contributed by atoms with Gasteiger partial charge in [0.2, 0.25) is 5.78 Å². The molecule has 2 aromatic carbocycles. The Morgan fingerprint density at radius 2 is 1.82 bits per heavy atom. The molecule has 5 aliphatic heterocycles. The lowest BCUT2D eigenvalue weighted by Gasteiger charge is -2.56. The van der Waals surface area contributed by atoms with Crippen LogP contribution in [0.5, 0.6) is 11.8 Å². The lowest BCUT2D eigenvalue weighted by molar-refractivity contribution is -0.0380. The first-order valence-electron chi connectivity index (χ1n) is 19.8. The number of imidazole rings is 1. The van der Waals surface area contributed by atoms with Crippen LogP contribution in [-0.2, 0) is 9.47 Å². The summed E-state index contributed by atoms with van der Waals surface area (Å²) in [5.74, 6) is 2.33. The van der Waals surface area contributed by atoms with Crippen molar-refractivity contribution in [3.05, 3.63) is 47.0 Å². The zero-order chi connectivity index (χ0) is 39.8. The van der Waals surface area contributed by atoms with Crippen molar-refractivity contribution in [2.24, 2.45) is 0 Å². The van der Waals surface area contributed by atoms with Crippen LogP contribution in [0, 0.1) is 18.2 Å². The minimum absolute atomic E-state index is 0.0403. The van der Waals surface area contributed by atoms with Crippen molar-refractivity contribution in [2.75, 3.05) is 51.6 Å². The highest BCUT2D eigenvalue weighted by Gasteiger charge is 2.51. The molecule has 0 radical (unpaired) electrons. The van der Waals surface area contributed by atoms with Gasteiger partial charge in [-0.25, -0.2) is 18.6 Å². The van der Waals surface area contributed by atoms with E-state index in [0.717, 1.165) is 45.1 Å². The van der Waals surface area contributed by atoms with Gasteiger partial charge in [-0.2, -0.15) is 9.97 Å². The van der Waals surface area contributed by atoms with Crippen LogP contribution in [0.25, 0.3) is 21.9 Å². The predicted octanol–water partition coefficient (Wildman–Crippen LogP) is 6.19. The van der Waals surface area contributed by atoms with Gasteiger partial charge >= 0.3 is 12.1 Å². The molecule has 2 aromatic heterocycles. The second kappa shape index (κ2) is 14.1. The number of carbonyl (C=O) groups is 2. The van der Waals surface area contributed by atoms with Gasteiger partial charge in [0, 0.05) is 50.2 Å². The van der Waals surface area contributed by atoms with Crippen molar-refractivity contribution in [2.45, 2.75) is 101 Å². The Balaban J connectivity index is 1.17. The Labute approximate surface area is 329 Å². The first kappa shape index (κ1) is 37.5. The highest BCUT2D eigenvalue weighted by atomic mass is 19.1. The van der Waals surface area contributed by atoms with Gasteiger partial charge < -0.3 is 28.4 Å². The second-order valence-electron chi connectivity index (χ2n) is 17.1. The van der Waals surface area contributed by atoms with Crippen LogP contribution < -0.4 is 14.4 Å². The van der Waals surface area contributed by atoms with E-state index < -0.39 is 28.9 Å². The topological polar surface area (TPSA) is 124 Å². The third kappa shape index (κ3) is 6.50. The highest BCUT2D eigenvalue weighted by Crippen LogP contribution is 2.44. The summed E-state index contributed by atoms with van der Waals surface area (Å²) in [7, 11) is 1.49. The molecule has 4 atom stereocenters. The number of piperidine rings is 1. The van der Waals surface area contributed by atoms with E-state index in [1.165, 1.54) is 13.2 Å². The Kier molecular flexibility index (Phi) is 9.27. The number of methoxy groups -OCH3 is 1. The van der Waals surface area contributed by atoms with Crippen molar-refractivity contribution in [3.8, 4) is 24.1 Å². The van der Waals surface area contributed by atoms with Gasteiger partial charge in [0.15, 0.2) is 24.1 Å². The van der Waals surface area contributed by atoms with E-state index in [1.807, 2.05) is 30.2 Å². The fourth-order valence-corrected chi connectivity index (χ4v) is 9.52. The number of anilines is 1. The normalized spacial score (nSPS) is 24.6. The number of halogens is 2. The van der Waals surface area contributed by atoms with Crippen molar-refractivity contribution in [1.29, 1.82) is 0 Å². The number of ether oxygens (including phenoxy) is 4. The third-order valence-electron chi connectivity index (χ3n) is 12.3. The molecule has 6 fully saturated rings. The molecule has 1 saturated carbocycles. The lowest BCUT2D eigenvalue weighted by atomic mass is 9.88. The van der Waals surface area contributed by atoms with Gasteiger partial charge in [-0.1, -0.05) is 12.0 Å². The van der Waals surface area contributed by atoms with Crippen molar-refractivity contribution < 1.29 is 37.3 Å². The van der Waals surface area contributed by atoms with E-state index in [-0.39, 0.29) is 71.6 Å². The molecule has 15 heteroatoms. The number of rotatable bonds is 10. The molecule has 5 saturated heterocycles. The standard InChI is InChI=1S/C42H47F2N7O6/c1-6-30-32(44)12-11-24-15-29(56-23-54-5)17-31(33(24)30)35(52)38-45-36-34(51(38)26-9-7-10-26)37(48-20-27-16-28(21-48)50(27)40(53)57-41(2,3)4)47-39(46-36)55-22-42-13-8-14-49(42)19-25(43)18-42/h1,11-12,15,17,25-28H,7-10,13-14,16,18-23H2,2-5H3/t25-,27?,28?,42+/m1/s1. The SMILES string of the molecule is C#Cc1c(F)ccc2cc(OCOC)cc(C(=O)c3nc4nc(OC[C@@]56CCCN5C[C@H](F)C6)nc(N5CC6CC(C5)N6C(=O)OC(C)(C)C)c4n3C3CCC3)c12. The molecular weight excluding hydrogens is 737 g/mol. The van der Waals surface area contributed by atoms with E-state index >= 15 is 9.18 Å². The predicted molar refractivity (Wildman–Crippen MR) is 207 cm³/mol. The molecule has 1 amide bonds. The summed E-state index contributed by atoms with van der Waals surface area (Å²) in [6, 6.07) is 5.84. The molecule has 7 heterocycles. The van der Waals surface area contributed by atoms with E-state index in [1.54, 1.807) is 18.2 Å². The van der Waals surface area contributed by atoms with Gasteiger partial charge in [-0.3, -0.25) is 14.6 Å². The van der Waals surface area contributed by atoms with Gasteiger partial charge in [-0.15, -0.1) is 6.42 Å². The Hall–Kier alpha value is -5.07. The summed E-state index contributed by atoms with van der Waals surface area (Å²) in [4.78, 5) is 49.2. The summed E-state index contributed by atoms with van der Waals surface area (Å²) in [5, 5.41) is 0.796. The van der Waals surface area contributed by atoms with E-state index in [4.69, 9.17) is 40.3 Å². The van der Waals surface area contributed by atoms with Crippen LogP contribution in [0.15, 0.2) is 24.3 Å². The fourth-order valence-electron chi connectivity index (χ4n) is 9.52. The summed E-state index contributed by atoms with van der Waals surface area (Å²) in [5.41, 5.74) is -0.142. The summed E-state index contributed by atoms with van der Waals surface area (Å²) < 4.78 is 55.0.